The molecule has 0 heterocycles. The van der Waals surface area contributed by atoms with Crippen LogP contribution in [0.15, 0.2) is 24.3 Å². The van der Waals surface area contributed by atoms with E-state index in [0.29, 0.717) is 11.6 Å². The van der Waals surface area contributed by atoms with Gasteiger partial charge in [-0.15, -0.1) is 0 Å². The van der Waals surface area contributed by atoms with Crippen LogP contribution in [-0.4, -0.2) is 17.0 Å². The number of halogens is 1. The maximum Gasteiger partial charge on any atom is 0.303 e. The second kappa shape index (κ2) is 7.01. The van der Waals surface area contributed by atoms with Gasteiger partial charge in [-0.05, 0) is 23.6 Å². The molecular weight excluding hydrogens is 254 g/mol. The molecule has 0 aliphatic rings. The molecule has 1 aromatic carbocycles. The number of hydrogen-bond acceptors (Lipinski definition) is 2. The van der Waals surface area contributed by atoms with E-state index in [4.69, 9.17) is 16.7 Å². The monoisotopic (exact) mass is 269 g/mol. The van der Waals surface area contributed by atoms with Crippen LogP contribution in [0, 0.1) is 5.92 Å². The van der Waals surface area contributed by atoms with Gasteiger partial charge in [0.2, 0.25) is 5.91 Å². The lowest BCUT2D eigenvalue weighted by Gasteiger charge is -2.09. The first kappa shape index (κ1) is 14.5. The van der Waals surface area contributed by atoms with E-state index in [2.05, 4.69) is 5.32 Å². The van der Waals surface area contributed by atoms with Gasteiger partial charge in [-0.3, -0.25) is 9.59 Å². The van der Waals surface area contributed by atoms with Crippen molar-refractivity contribution in [3.05, 3.63) is 34.9 Å². The summed E-state index contributed by atoms with van der Waals surface area (Å²) in [7, 11) is 0. The minimum Gasteiger partial charge on any atom is -0.481 e. The highest BCUT2D eigenvalue weighted by Crippen LogP contribution is 2.10. The smallest absolute Gasteiger partial charge is 0.303 e. The van der Waals surface area contributed by atoms with E-state index >= 15 is 0 Å². The SMILES string of the molecule is C[C@H](CC(=O)O)CC(=O)NCc1ccc(Cl)cc1. The van der Waals surface area contributed by atoms with Crippen LogP contribution < -0.4 is 5.32 Å². The number of nitrogens with one attached hydrogen (secondary N) is 1. The highest BCUT2D eigenvalue weighted by atomic mass is 35.5. The lowest BCUT2D eigenvalue weighted by molar-refractivity contribution is -0.138. The molecular formula is C13H16ClNO3. The lowest BCUT2D eigenvalue weighted by atomic mass is 10.0. The van der Waals surface area contributed by atoms with Crippen LogP contribution in [0.2, 0.25) is 5.02 Å². The Morgan fingerprint density at radius 3 is 2.44 bits per heavy atom. The van der Waals surface area contributed by atoms with Gasteiger partial charge in [-0.25, -0.2) is 0 Å². The molecule has 0 saturated heterocycles. The van der Waals surface area contributed by atoms with Crippen molar-refractivity contribution in [3.8, 4) is 0 Å². The molecule has 5 heteroatoms. The van der Waals surface area contributed by atoms with Crippen LogP contribution in [0.4, 0.5) is 0 Å². The Balaban J connectivity index is 2.32. The summed E-state index contributed by atoms with van der Waals surface area (Å²) in [6, 6.07) is 7.19. The van der Waals surface area contributed by atoms with E-state index in [1.165, 1.54) is 0 Å². The van der Waals surface area contributed by atoms with E-state index < -0.39 is 5.97 Å². The van der Waals surface area contributed by atoms with Crippen LogP contribution in [0.5, 0.6) is 0 Å². The molecule has 1 rings (SSSR count). The molecule has 1 amide bonds. The van der Waals surface area contributed by atoms with Gasteiger partial charge >= 0.3 is 5.97 Å². The summed E-state index contributed by atoms with van der Waals surface area (Å²) in [5.41, 5.74) is 0.957. The van der Waals surface area contributed by atoms with Crippen molar-refractivity contribution < 1.29 is 14.7 Å². The number of carboxylic acids is 1. The fourth-order valence-electron chi connectivity index (χ4n) is 1.56. The molecule has 0 aromatic heterocycles. The number of carbonyl (C=O) groups excluding carboxylic acids is 1. The molecule has 18 heavy (non-hydrogen) atoms. The molecule has 0 aliphatic carbocycles. The molecule has 98 valence electrons. The third-order valence-corrected chi connectivity index (χ3v) is 2.71. The summed E-state index contributed by atoms with van der Waals surface area (Å²) >= 11 is 5.75. The Bertz CT molecular complexity index is 417. The van der Waals surface area contributed by atoms with Crippen LogP contribution in [0.25, 0.3) is 0 Å². The minimum absolute atomic E-state index is 0.00830. The third kappa shape index (κ3) is 5.68. The van der Waals surface area contributed by atoms with Gasteiger partial charge in [-0.1, -0.05) is 30.7 Å². The standard InChI is InChI=1S/C13H16ClNO3/c1-9(7-13(17)18)6-12(16)15-8-10-2-4-11(14)5-3-10/h2-5,9H,6-8H2,1H3,(H,15,16)(H,17,18)/t9-/m0/s1. The van der Waals surface area contributed by atoms with Gasteiger partial charge in [0.05, 0.1) is 0 Å². The average molecular weight is 270 g/mol. The predicted octanol–water partition coefficient (Wildman–Crippen LogP) is 2.46. The molecule has 4 nitrogen and oxygen atoms in total. The number of carboxylic acid groups (broad SMARTS) is 1. The normalized spacial score (nSPS) is 11.9. The van der Waals surface area contributed by atoms with Gasteiger partial charge in [0.25, 0.3) is 0 Å². The van der Waals surface area contributed by atoms with E-state index in [0.717, 1.165) is 5.56 Å². The lowest BCUT2D eigenvalue weighted by Crippen LogP contribution is -2.25. The molecule has 1 atom stereocenters. The molecule has 0 bridgehead atoms. The van der Waals surface area contributed by atoms with Gasteiger partial charge in [0, 0.05) is 24.4 Å². The van der Waals surface area contributed by atoms with Crippen LogP contribution in [-0.2, 0) is 16.1 Å². The van der Waals surface area contributed by atoms with Gasteiger partial charge in [-0.2, -0.15) is 0 Å². The Morgan fingerprint density at radius 2 is 1.89 bits per heavy atom. The van der Waals surface area contributed by atoms with E-state index in [9.17, 15) is 9.59 Å². The van der Waals surface area contributed by atoms with Crippen LogP contribution >= 0.6 is 11.6 Å². The van der Waals surface area contributed by atoms with E-state index in [1.807, 2.05) is 12.1 Å². The largest absolute Gasteiger partial charge is 0.481 e. The summed E-state index contributed by atoms with van der Waals surface area (Å²) in [5, 5.41) is 12.0. The van der Waals surface area contributed by atoms with Gasteiger partial charge in [0.15, 0.2) is 0 Å². The van der Waals surface area contributed by atoms with E-state index in [1.54, 1.807) is 19.1 Å². The van der Waals surface area contributed by atoms with Crippen molar-refractivity contribution in [2.45, 2.75) is 26.3 Å². The first-order chi connectivity index (χ1) is 8.47. The van der Waals surface area contributed by atoms with E-state index in [-0.39, 0.29) is 24.7 Å². The first-order valence-electron chi connectivity index (χ1n) is 5.70. The number of hydrogen-bond donors (Lipinski definition) is 2. The molecule has 0 spiro atoms. The summed E-state index contributed by atoms with van der Waals surface area (Å²) in [5.74, 6) is -1.18. The molecule has 1 aromatic rings. The second-order valence-electron chi connectivity index (χ2n) is 4.31. The topological polar surface area (TPSA) is 66.4 Å². The van der Waals surface area contributed by atoms with Crippen molar-refractivity contribution >= 4 is 23.5 Å². The van der Waals surface area contributed by atoms with Crippen LogP contribution in [0.3, 0.4) is 0 Å². The number of benzene rings is 1. The maximum atomic E-state index is 11.5. The summed E-state index contributed by atoms with van der Waals surface area (Å²) in [4.78, 5) is 22.0. The van der Waals surface area contributed by atoms with Gasteiger partial charge in [0.1, 0.15) is 0 Å². The quantitative estimate of drug-likeness (QED) is 0.834. The molecule has 0 unspecified atom stereocenters. The minimum atomic E-state index is -0.881. The Morgan fingerprint density at radius 1 is 1.28 bits per heavy atom. The molecule has 0 aliphatic heterocycles. The fraction of sp³-hybridized carbons (Fsp3) is 0.385. The van der Waals surface area contributed by atoms with Gasteiger partial charge < -0.3 is 10.4 Å². The maximum absolute atomic E-state index is 11.5. The Labute approximate surface area is 111 Å². The first-order valence-corrected chi connectivity index (χ1v) is 6.08. The molecule has 0 radical (unpaired) electrons. The highest BCUT2D eigenvalue weighted by molar-refractivity contribution is 6.30. The zero-order chi connectivity index (χ0) is 13.5. The predicted molar refractivity (Wildman–Crippen MR) is 69.3 cm³/mol. The van der Waals surface area contributed by atoms with Crippen LogP contribution in [0.1, 0.15) is 25.3 Å². The van der Waals surface area contributed by atoms with Crippen molar-refractivity contribution in [1.29, 1.82) is 0 Å². The Hall–Kier alpha value is -1.55. The average Bonchev–Trinajstić information content (AvgIpc) is 2.27. The number of aliphatic carboxylic acids is 1. The summed E-state index contributed by atoms with van der Waals surface area (Å²) in [6.07, 6.45) is 0.230. The summed E-state index contributed by atoms with van der Waals surface area (Å²) < 4.78 is 0. The van der Waals surface area contributed by atoms with Crippen molar-refractivity contribution in [2.75, 3.05) is 0 Å². The molecule has 2 N–H and O–H groups in total. The zero-order valence-electron chi connectivity index (χ0n) is 10.1. The highest BCUT2D eigenvalue weighted by Gasteiger charge is 2.12. The summed E-state index contributed by atoms with van der Waals surface area (Å²) in [6.45, 7) is 2.17. The third-order valence-electron chi connectivity index (χ3n) is 2.46. The van der Waals surface area contributed by atoms with Crippen molar-refractivity contribution in [2.24, 2.45) is 5.92 Å². The van der Waals surface area contributed by atoms with Crippen molar-refractivity contribution in [3.63, 3.8) is 0 Å². The van der Waals surface area contributed by atoms with Crippen molar-refractivity contribution in [1.82, 2.24) is 5.32 Å². The molecule has 0 saturated carbocycles. The number of rotatable bonds is 6. The number of amides is 1. The molecule has 0 fully saturated rings. The fourth-order valence-corrected chi connectivity index (χ4v) is 1.69. The Kier molecular flexibility index (Phi) is 5.65. The zero-order valence-corrected chi connectivity index (χ0v) is 10.9. The second-order valence-corrected chi connectivity index (χ2v) is 4.75. The number of carbonyl (C=O) groups is 2.